The van der Waals surface area contributed by atoms with E-state index >= 15 is 4.39 Å². The maximum absolute atomic E-state index is 16.8. The highest BCUT2D eigenvalue weighted by molar-refractivity contribution is 6.01. The van der Waals surface area contributed by atoms with Gasteiger partial charge in [-0.1, -0.05) is 25.5 Å². The van der Waals surface area contributed by atoms with Crippen molar-refractivity contribution in [2.24, 2.45) is 22.7 Å². The van der Waals surface area contributed by atoms with Crippen LogP contribution >= 0.6 is 0 Å². The third kappa shape index (κ3) is 2.01. The number of Topliss-reactive ketones (excluding diaryl/α,β-unsaturated/α-hetero) is 1. The second kappa shape index (κ2) is 5.83. The van der Waals surface area contributed by atoms with Gasteiger partial charge in [-0.05, 0) is 50.7 Å². The number of allylic oxidation sites excluding steroid dienone is 4. The highest BCUT2D eigenvalue weighted by atomic mass is 19.1. The number of alkyl halides is 1. The SMILES string of the molecule is CCC(=O)[C@@]1(O)[C@H](O)C[C@H]2[C@@H]3CCC4=CC(=O)C=C[C@]4(C)[C@@]3(F)[C@@H](O)C[C@@]21C. The summed E-state index contributed by atoms with van der Waals surface area (Å²) in [5.74, 6) is -1.71. The predicted molar refractivity (Wildman–Crippen MR) is 100.0 cm³/mol. The van der Waals surface area contributed by atoms with Crippen LogP contribution in [0.4, 0.5) is 4.39 Å². The van der Waals surface area contributed by atoms with Crippen molar-refractivity contribution in [3.8, 4) is 0 Å². The van der Waals surface area contributed by atoms with Gasteiger partial charge in [0.25, 0.3) is 0 Å². The van der Waals surface area contributed by atoms with Crippen LogP contribution in [-0.2, 0) is 9.59 Å². The van der Waals surface area contributed by atoms with Crippen molar-refractivity contribution < 1.29 is 29.3 Å². The number of halogens is 1. The highest BCUT2D eigenvalue weighted by Crippen LogP contribution is 2.69. The summed E-state index contributed by atoms with van der Waals surface area (Å²) in [7, 11) is 0. The minimum absolute atomic E-state index is 0.0624. The zero-order valence-corrected chi connectivity index (χ0v) is 16.6. The third-order valence-corrected chi connectivity index (χ3v) is 8.61. The summed E-state index contributed by atoms with van der Waals surface area (Å²) in [4.78, 5) is 24.5. The lowest BCUT2D eigenvalue weighted by Crippen LogP contribution is -2.69. The summed E-state index contributed by atoms with van der Waals surface area (Å²) < 4.78 is 16.8. The molecule has 0 heterocycles. The quantitative estimate of drug-likeness (QED) is 0.669. The molecular formula is C22H29FO5. The van der Waals surface area contributed by atoms with Crippen LogP contribution in [0.2, 0.25) is 0 Å². The number of aliphatic hydroxyl groups is 3. The minimum Gasteiger partial charge on any atom is -0.390 e. The van der Waals surface area contributed by atoms with E-state index in [4.69, 9.17) is 0 Å². The van der Waals surface area contributed by atoms with E-state index < -0.39 is 51.9 Å². The second-order valence-corrected chi connectivity index (χ2v) is 9.56. The number of fused-ring (bicyclic) bond motifs is 5. The number of aliphatic hydroxyl groups excluding tert-OH is 2. The number of ketones is 2. The molecular weight excluding hydrogens is 363 g/mol. The molecule has 4 aliphatic rings. The lowest BCUT2D eigenvalue weighted by Gasteiger charge is -2.62. The number of hydrogen-bond acceptors (Lipinski definition) is 5. The monoisotopic (exact) mass is 392 g/mol. The lowest BCUT2D eigenvalue weighted by molar-refractivity contribution is -0.221. The molecule has 5 nitrogen and oxygen atoms in total. The van der Waals surface area contributed by atoms with Gasteiger partial charge in [0.05, 0.1) is 12.2 Å². The van der Waals surface area contributed by atoms with Crippen LogP contribution in [0.3, 0.4) is 0 Å². The average molecular weight is 392 g/mol. The summed E-state index contributed by atoms with van der Waals surface area (Å²) in [6.07, 6.45) is 2.67. The Morgan fingerprint density at radius 1 is 1.25 bits per heavy atom. The molecule has 154 valence electrons. The van der Waals surface area contributed by atoms with Crippen LogP contribution < -0.4 is 0 Å². The molecule has 3 N–H and O–H groups in total. The van der Waals surface area contributed by atoms with Crippen LogP contribution in [-0.4, -0.2) is 50.4 Å². The third-order valence-electron chi connectivity index (χ3n) is 8.61. The van der Waals surface area contributed by atoms with Gasteiger partial charge in [0.1, 0.15) is 0 Å². The number of carbonyl (C=O) groups is 2. The topological polar surface area (TPSA) is 94.8 Å². The van der Waals surface area contributed by atoms with Crippen molar-refractivity contribution in [2.45, 2.75) is 76.4 Å². The van der Waals surface area contributed by atoms with Gasteiger partial charge >= 0.3 is 0 Å². The molecule has 8 atom stereocenters. The Kier molecular flexibility index (Phi) is 4.15. The minimum atomic E-state index is -2.03. The normalized spacial score (nSPS) is 52.5. The van der Waals surface area contributed by atoms with Gasteiger partial charge in [-0.15, -0.1) is 0 Å². The summed E-state index contributed by atoms with van der Waals surface area (Å²) in [6, 6.07) is 0. The Morgan fingerprint density at radius 2 is 1.93 bits per heavy atom. The average Bonchev–Trinajstić information content (AvgIpc) is 2.84. The first-order valence-corrected chi connectivity index (χ1v) is 10.2. The molecule has 4 rings (SSSR count). The summed E-state index contributed by atoms with van der Waals surface area (Å²) in [6.45, 7) is 5.05. The molecule has 3 fully saturated rings. The molecule has 4 aliphatic carbocycles. The van der Waals surface area contributed by atoms with E-state index in [-0.39, 0.29) is 25.0 Å². The van der Waals surface area contributed by atoms with Crippen molar-refractivity contribution in [1.29, 1.82) is 0 Å². The van der Waals surface area contributed by atoms with E-state index in [1.807, 2.05) is 0 Å². The van der Waals surface area contributed by atoms with Gasteiger partial charge in [0, 0.05) is 23.2 Å². The van der Waals surface area contributed by atoms with Crippen molar-refractivity contribution >= 4 is 11.6 Å². The molecule has 0 bridgehead atoms. The lowest BCUT2D eigenvalue weighted by atomic mass is 9.44. The fraction of sp³-hybridized carbons (Fsp3) is 0.727. The van der Waals surface area contributed by atoms with Crippen molar-refractivity contribution in [2.75, 3.05) is 0 Å². The summed E-state index contributed by atoms with van der Waals surface area (Å²) >= 11 is 0. The Bertz CT molecular complexity index is 805. The molecule has 3 saturated carbocycles. The predicted octanol–water partition coefficient (Wildman–Crippen LogP) is 2.04. The van der Waals surface area contributed by atoms with Crippen LogP contribution in [0.1, 0.15) is 52.9 Å². The van der Waals surface area contributed by atoms with Gasteiger partial charge < -0.3 is 15.3 Å². The van der Waals surface area contributed by atoms with E-state index in [2.05, 4.69) is 0 Å². The standard InChI is InChI=1S/C22H29FO5/c1-4-16(25)22(28)17(26)10-15-14-6-5-12-9-13(24)7-8-19(12,2)21(14,23)18(27)11-20(15,22)3/h7-9,14-15,17-18,26-28H,4-6,10-11H2,1-3H3/t14-,15-,17+,18-,19-,20-,21-,22+/m0/s1. The van der Waals surface area contributed by atoms with Crippen molar-refractivity contribution in [3.63, 3.8) is 0 Å². The fourth-order valence-electron chi connectivity index (χ4n) is 7.00. The van der Waals surface area contributed by atoms with Crippen LogP contribution in [0, 0.1) is 22.7 Å². The zero-order valence-electron chi connectivity index (χ0n) is 16.6. The van der Waals surface area contributed by atoms with Gasteiger partial charge in [0.2, 0.25) is 0 Å². The Balaban J connectivity index is 1.84. The first-order chi connectivity index (χ1) is 13.0. The van der Waals surface area contributed by atoms with Gasteiger partial charge in [-0.25, -0.2) is 4.39 Å². The Morgan fingerprint density at radius 3 is 2.57 bits per heavy atom. The molecule has 0 unspecified atom stereocenters. The van der Waals surface area contributed by atoms with E-state index in [0.29, 0.717) is 18.4 Å². The molecule has 0 aromatic carbocycles. The van der Waals surface area contributed by atoms with Crippen LogP contribution in [0.15, 0.2) is 23.8 Å². The zero-order chi connectivity index (χ0) is 20.7. The molecule has 0 aromatic heterocycles. The molecule has 0 aliphatic heterocycles. The Hall–Kier alpha value is -1.37. The van der Waals surface area contributed by atoms with Crippen molar-refractivity contribution in [3.05, 3.63) is 23.8 Å². The number of hydrogen-bond donors (Lipinski definition) is 3. The molecule has 6 heteroatoms. The molecule has 0 saturated heterocycles. The van der Waals surface area contributed by atoms with Gasteiger partial charge in [0.15, 0.2) is 22.8 Å². The maximum Gasteiger partial charge on any atom is 0.178 e. The second-order valence-electron chi connectivity index (χ2n) is 9.56. The van der Waals surface area contributed by atoms with E-state index in [0.717, 1.165) is 0 Å². The molecule has 0 radical (unpaired) electrons. The largest absolute Gasteiger partial charge is 0.390 e. The highest BCUT2D eigenvalue weighted by Gasteiger charge is 2.76. The van der Waals surface area contributed by atoms with E-state index in [1.54, 1.807) is 26.8 Å². The molecule has 28 heavy (non-hydrogen) atoms. The number of rotatable bonds is 2. The van der Waals surface area contributed by atoms with E-state index in [1.165, 1.54) is 12.2 Å². The first kappa shape index (κ1) is 19.9. The molecule has 0 aromatic rings. The van der Waals surface area contributed by atoms with Crippen LogP contribution in [0.5, 0.6) is 0 Å². The van der Waals surface area contributed by atoms with Crippen LogP contribution in [0.25, 0.3) is 0 Å². The first-order valence-electron chi connectivity index (χ1n) is 10.2. The van der Waals surface area contributed by atoms with Gasteiger partial charge in [-0.2, -0.15) is 0 Å². The number of carbonyl (C=O) groups excluding carboxylic acids is 2. The molecule has 0 spiro atoms. The molecule has 0 amide bonds. The fourth-order valence-corrected chi connectivity index (χ4v) is 7.00. The van der Waals surface area contributed by atoms with E-state index in [9.17, 15) is 24.9 Å². The van der Waals surface area contributed by atoms with Gasteiger partial charge in [-0.3, -0.25) is 9.59 Å². The smallest absolute Gasteiger partial charge is 0.178 e. The summed E-state index contributed by atoms with van der Waals surface area (Å²) in [5, 5.41) is 33.1. The Labute approximate surface area is 164 Å². The summed E-state index contributed by atoms with van der Waals surface area (Å²) in [5.41, 5.74) is -5.56. The maximum atomic E-state index is 16.8. The van der Waals surface area contributed by atoms with Crippen molar-refractivity contribution in [1.82, 2.24) is 0 Å².